The van der Waals surface area contributed by atoms with Crippen LogP contribution in [0, 0.1) is 0 Å². The molecule has 0 bridgehead atoms. The van der Waals surface area contributed by atoms with Crippen molar-refractivity contribution in [3.63, 3.8) is 0 Å². The lowest BCUT2D eigenvalue weighted by atomic mass is 10.0. The van der Waals surface area contributed by atoms with E-state index in [1.165, 1.54) is 16.7 Å². The number of rotatable bonds is 3. The van der Waals surface area contributed by atoms with Crippen LogP contribution in [0.2, 0.25) is 0 Å². The quantitative estimate of drug-likeness (QED) is 0.614. The van der Waals surface area contributed by atoms with Crippen molar-refractivity contribution in [3.8, 4) is 11.1 Å². The van der Waals surface area contributed by atoms with Crippen molar-refractivity contribution < 1.29 is 15.1 Å². The first-order chi connectivity index (χ1) is 9.13. The van der Waals surface area contributed by atoms with Crippen LogP contribution in [0.1, 0.15) is 5.56 Å². The number of benzene rings is 2. The molecule has 0 amide bonds. The molecule has 0 aliphatic rings. The van der Waals surface area contributed by atoms with Gasteiger partial charge in [-0.25, -0.2) is 0 Å². The highest BCUT2D eigenvalue weighted by molar-refractivity contribution is 6.30. The van der Waals surface area contributed by atoms with Crippen molar-refractivity contribution in [1.82, 2.24) is 0 Å². The summed E-state index contributed by atoms with van der Waals surface area (Å²) in [5, 5.41) is 21.5. The summed E-state index contributed by atoms with van der Waals surface area (Å²) in [5.41, 5.74) is 9.33. The van der Waals surface area contributed by atoms with Crippen LogP contribution in [0.25, 0.3) is 11.1 Å². The van der Waals surface area contributed by atoms with E-state index in [2.05, 4.69) is 48.5 Å². The molecule has 0 spiro atoms. The third-order valence-corrected chi connectivity index (χ3v) is 2.49. The maximum Gasteiger partial charge on any atom is 0.631 e. The van der Waals surface area contributed by atoms with Crippen LogP contribution < -0.4 is 5.73 Å². The van der Waals surface area contributed by atoms with Gasteiger partial charge in [-0.15, -0.1) is 0 Å². The van der Waals surface area contributed by atoms with Gasteiger partial charge in [-0.1, -0.05) is 54.6 Å². The molecule has 0 aliphatic carbocycles. The molecule has 5 N–H and O–H groups in total. The summed E-state index contributed by atoms with van der Waals surface area (Å²) in [7, 11) is -2.17. The molecule has 0 fully saturated rings. The van der Waals surface area contributed by atoms with E-state index in [0.29, 0.717) is 6.54 Å². The minimum Gasteiger partial charge on any atom is -0.402 e. The minimum absolute atomic E-state index is 0.713. The Morgan fingerprint density at radius 3 is 1.74 bits per heavy atom. The average Bonchev–Trinajstić information content (AvgIpc) is 2.40. The standard InChI is InChI=1S/C14H15N.BH3O3/c15-11-10-12-6-8-14(9-7-12)13-4-2-1-3-5-13;2-1(3)4/h1-9H,10-11,15H2;2-4H. The fraction of sp³-hybridized carbons (Fsp3) is 0.143. The minimum atomic E-state index is -2.17. The zero-order valence-electron chi connectivity index (χ0n) is 10.6. The molecular weight excluding hydrogens is 241 g/mol. The molecule has 4 nitrogen and oxygen atoms in total. The van der Waals surface area contributed by atoms with Gasteiger partial charge in [0.2, 0.25) is 0 Å². The van der Waals surface area contributed by atoms with Gasteiger partial charge in [0.05, 0.1) is 0 Å². The Morgan fingerprint density at radius 1 is 0.789 bits per heavy atom. The Balaban J connectivity index is 0.000000399. The molecule has 2 rings (SSSR count). The SMILES string of the molecule is NCCc1ccc(-c2ccccc2)cc1.OB(O)O. The summed E-state index contributed by atoms with van der Waals surface area (Å²) in [5.74, 6) is 0. The summed E-state index contributed by atoms with van der Waals surface area (Å²) in [6.07, 6.45) is 0.953. The van der Waals surface area contributed by atoms with Crippen molar-refractivity contribution in [2.45, 2.75) is 6.42 Å². The Bertz CT molecular complexity index is 457. The van der Waals surface area contributed by atoms with E-state index >= 15 is 0 Å². The van der Waals surface area contributed by atoms with Crippen LogP contribution >= 0.6 is 0 Å². The first-order valence-corrected chi connectivity index (χ1v) is 6.02. The second-order valence-corrected chi connectivity index (χ2v) is 3.95. The molecule has 0 saturated heterocycles. The van der Waals surface area contributed by atoms with E-state index in [4.69, 9.17) is 20.8 Å². The van der Waals surface area contributed by atoms with Gasteiger partial charge in [-0.2, -0.15) is 0 Å². The maximum absolute atomic E-state index is 7.17. The molecule has 0 radical (unpaired) electrons. The van der Waals surface area contributed by atoms with Crippen molar-refractivity contribution in [2.75, 3.05) is 6.54 Å². The Kier molecular flexibility index (Phi) is 6.85. The highest BCUT2D eigenvalue weighted by Crippen LogP contribution is 2.19. The zero-order valence-corrected chi connectivity index (χ0v) is 10.6. The maximum atomic E-state index is 7.17. The molecule has 5 heteroatoms. The summed E-state index contributed by atoms with van der Waals surface area (Å²) >= 11 is 0. The lowest BCUT2D eigenvalue weighted by molar-refractivity contribution is 0.278. The second-order valence-electron chi connectivity index (χ2n) is 3.95. The van der Waals surface area contributed by atoms with Crippen molar-refractivity contribution >= 4 is 7.32 Å². The average molecular weight is 259 g/mol. The number of nitrogens with two attached hydrogens (primary N) is 1. The Labute approximate surface area is 113 Å². The van der Waals surface area contributed by atoms with Gasteiger partial charge in [0, 0.05) is 0 Å². The Morgan fingerprint density at radius 2 is 1.26 bits per heavy atom. The molecule has 0 aromatic heterocycles. The smallest absolute Gasteiger partial charge is 0.402 e. The molecule has 0 atom stereocenters. The molecular formula is C14H18BNO3. The predicted octanol–water partition coefficient (Wildman–Crippen LogP) is 0.803. The normalized spacial score (nSPS) is 9.47. The zero-order chi connectivity index (χ0) is 14.1. The van der Waals surface area contributed by atoms with Crippen molar-refractivity contribution in [2.24, 2.45) is 5.73 Å². The van der Waals surface area contributed by atoms with Gasteiger partial charge in [0.1, 0.15) is 0 Å². The van der Waals surface area contributed by atoms with Crippen LogP contribution in [0.15, 0.2) is 54.6 Å². The molecule has 100 valence electrons. The fourth-order valence-electron chi connectivity index (χ4n) is 1.66. The van der Waals surface area contributed by atoms with Gasteiger partial charge >= 0.3 is 7.32 Å². The monoisotopic (exact) mass is 259 g/mol. The van der Waals surface area contributed by atoms with Gasteiger partial charge in [0.15, 0.2) is 0 Å². The Hall–Kier alpha value is -1.66. The topological polar surface area (TPSA) is 86.7 Å². The summed E-state index contributed by atoms with van der Waals surface area (Å²) < 4.78 is 0. The van der Waals surface area contributed by atoms with E-state index in [-0.39, 0.29) is 0 Å². The third-order valence-electron chi connectivity index (χ3n) is 2.49. The lowest BCUT2D eigenvalue weighted by Crippen LogP contribution is -2.07. The highest BCUT2D eigenvalue weighted by Gasteiger charge is 1.96. The number of hydrogen-bond acceptors (Lipinski definition) is 4. The molecule has 0 unspecified atom stereocenters. The molecule has 0 heterocycles. The van der Waals surface area contributed by atoms with E-state index in [0.717, 1.165) is 6.42 Å². The lowest BCUT2D eigenvalue weighted by Gasteiger charge is -2.03. The summed E-state index contributed by atoms with van der Waals surface area (Å²) in [6.45, 7) is 0.713. The molecule has 0 aliphatic heterocycles. The van der Waals surface area contributed by atoms with Crippen LogP contribution in [0.3, 0.4) is 0 Å². The first kappa shape index (κ1) is 15.4. The van der Waals surface area contributed by atoms with Crippen LogP contribution in [0.4, 0.5) is 0 Å². The molecule has 2 aromatic carbocycles. The third kappa shape index (κ3) is 6.17. The summed E-state index contributed by atoms with van der Waals surface area (Å²) in [6, 6.07) is 19.0. The number of hydrogen-bond donors (Lipinski definition) is 4. The first-order valence-electron chi connectivity index (χ1n) is 6.02. The second kappa shape index (κ2) is 8.45. The fourth-order valence-corrected chi connectivity index (χ4v) is 1.66. The molecule has 0 saturated carbocycles. The summed E-state index contributed by atoms with van der Waals surface area (Å²) in [4.78, 5) is 0. The van der Waals surface area contributed by atoms with Gasteiger partial charge < -0.3 is 20.8 Å². The van der Waals surface area contributed by atoms with E-state index in [1.54, 1.807) is 0 Å². The molecule has 19 heavy (non-hydrogen) atoms. The highest BCUT2D eigenvalue weighted by atomic mass is 16.5. The van der Waals surface area contributed by atoms with Gasteiger partial charge in [-0.05, 0) is 29.7 Å². The largest absolute Gasteiger partial charge is 0.631 e. The van der Waals surface area contributed by atoms with Crippen LogP contribution in [-0.2, 0) is 6.42 Å². The van der Waals surface area contributed by atoms with Crippen molar-refractivity contribution in [3.05, 3.63) is 60.2 Å². The van der Waals surface area contributed by atoms with Gasteiger partial charge in [0.25, 0.3) is 0 Å². The van der Waals surface area contributed by atoms with E-state index in [1.807, 2.05) is 6.07 Å². The molecule has 2 aromatic rings. The van der Waals surface area contributed by atoms with Crippen LogP contribution in [0.5, 0.6) is 0 Å². The van der Waals surface area contributed by atoms with E-state index < -0.39 is 7.32 Å². The van der Waals surface area contributed by atoms with E-state index in [9.17, 15) is 0 Å². The van der Waals surface area contributed by atoms with Gasteiger partial charge in [-0.3, -0.25) is 0 Å². The van der Waals surface area contributed by atoms with Crippen LogP contribution in [-0.4, -0.2) is 28.9 Å². The predicted molar refractivity (Wildman–Crippen MR) is 77.0 cm³/mol. The van der Waals surface area contributed by atoms with Crippen molar-refractivity contribution in [1.29, 1.82) is 0 Å².